The van der Waals surface area contributed by atoms with Crippen molar-refractivity contribution >= 4 is 12.4 Å². The van der Waals surface area contributed by atoms with E-state index in [1.54, 1.807) is 0 Å². The summed E-state index contributed by atoms with van der Waals surface area (Å²) in [6.45, 7) is 0.650. The molecule has 0 aromatic carbocycles. The van der Waals surface area contributed by atoms with Gasteiger partial charge in [0.05, 0.1) is 5.92 Å². The van der Waals surface area contributed by atoms with Gasteiger partial charge < -0.3 is 9.57 Å². The minimum Gasteiger partial charge on any atom is -0.411 e. The van der Waals surface area contributed by atoms with Gasteiger partial charge >= 0.3 is 5.97 Å². The fourth-order valence-corrected chi connectivity index (χ4v) is 0.952. The van der Waals surface area contributed by atoms with Crippen molar-refractivity contribution in [2.45, 2.75) is 25.7 Å². The first-order valence-electron chi connectivity index (χ1n) is 4.70. The molecular weight excluding hydrogens is 170 g/mol. The molecule has 0 N–H and O–H groups in total. The number of ether oxygens (including phenoxy) is 1. The van der Waals surface area contributed by atoms with Crippen LogP contribution in [0.1, 0.15) is 25.7 Å². The molecule has 13 heavy (non-hydrogen) atoms. The van der Waals surface area contributed by atoms with Crippen LogP contribution in [0.15, 0.2) is 5.16 Å². The summed E-state index contributed by atoms with van der Waals surface area (Å²) in [6.07, 6.45) is 5.48. The van der Waals surface area contributed by atoms with E-state index in [2.05, 4.69) is 5.16 Å². The standard InChI is InChI=1S/C9H13NO3/c11-9(8-3-4-8)12-6-10-13-5-7-1-2-7/h6-8H,1-5H2. The number of carbonyl (C=O) groups excluding carboxylic acids is 1. The zero-order chi connectivity index (χ0) is 9.10. The molecule has 2 fully saturated rings. The second-order valence-electron chi connectivity index (χ2n) is 3.66. The van der Waals surface area contributed by atoms with Crippen molar-refractivity contribution in [2.75, 3.05) is 6.61 Å². The molecule has 0 unspecified atom stereocenters. The van der Waals surface area contributed by atoms with Crippen molar-refractivity contribution in [1.82, 2.24) is 0 Å². The van der Waals surface area contributed by atoms with E-state index in [1.807, 2.05) is 0 Å². The highest BCUT2D eigenvalue weighted by Crippen LogP contribution is 2.30. The summed E-state index contributed by atoms with van der Waals surface area (Å²) in [5.41, 5.74) is 0. The predicted molar refractivity (Wildman–Crippen MR) is 46.0 cm³/mol. The van der Waals surface area contributed by atoms with Gasteiger partial charge in [0.1, 0.15) is 6.61 Å². The second-order valence-corrected chi connectivity index (χ2v) is 3.66. The highest BCUT2D eigenvalue weighted by atomic mass is 16.6. The summed E-state index contributed by atoms with van der Waals surface area (Å²) < 4.78 is 4.71. The van der Waals surface area contributed by atoms with E-state index in [-0.39, 0.29) is 11.9 Å². The minimum atomic E-state index is -0.182. The van der Waals surface area contributed by atoms with Crippen LogP contribution in [-0.4, -0.2) is 19.0 Å². The van der Waals surface area contributed by atoms with Crippen LogP contribution >= 0.6 is 0 Å². The molecule has 0 aromatic rings. The molecule has 0 bridgehead atoms. The van der Waals surface area contributed by atoms with E-state index in [9.17, 15) is 4.79 Å². The second kappa shape index (κ2) is 3.77. The lowest BCUT2D eigenvalue weighted by molar-refractivity contribution is -0.136. The topological polar surface area (TPSA) is 47.9 Å². The largest absolute Gasteiger partial charge is 0.411 e. The van der Waals surface area contributed by atoms with E-state index in [0.29, 0.717) is 12.5 Å². The predicted octanol–water partition coefficient (Wildman–Crippen LogP) is 1.31. The average molecular weight is 183 g/mol. The monoisotopic (exact) mass is 183 g/mol. The van der Waals surface area contributed by atoms with Crippen LogP contribution in [-0.2, 0) is 14.4 Å². The quantitative estimate of drug-likeness (QED) is 0.279. The molecular formula is C9H13NO3. The van der Waals surface area contributed by atoms with Gasteiger partial charge in [-0.2, -0.15) is 0 Å². The molecule has 0 atom stereocenters. The first-order valence-corrected chi connectivity index (χ1v) is 4.70. The fraction of sp³-hybridized carbons (Fsp3) is 0.778. The molecule has 0 spiro atoms. The molecule has 2 rings (SSSR count). The lowest BCUT2D eigenvalue weighted by Crippen LogP contribution is -2.04. The number of rotatable bonds is 5. The number of nitrogens with zero attached hydrogens (tertiary/aromatic N) is 1. The molecule has 0 radical (unpaired) electrons. The molecule has 2 aliphatic rings. The zero-order valence-electron chi connectivity index (χ0n) is 7.44. The zero-order valence-corrected chi connectivity index (χ0v) is 7.44. The molecule has 4 nitrogen and oxygen atoms in total. The van der Waals surface area contributed by atoms with Crippen LogP contribution in [0.25, 0.3) is 0 Å². The first-order chi connectivity index (χ1) is 6.36. The smallest absolute Gasteiger partial charge is 0.315 e. The highest BCUT2D eigenvalue weighted by molar-refractivity contribution is 5.81. The van der Waals surface area contributed by atoms with Crippen LogP contribution in [0, 0.1) is 11.8 Å². The van der Waals surface area contributed by atoms with E-state index in [1.165, 1.54) is 12.8 Å². The Morgan fingerprint density at radius 2 is 2.15 bits per heavy atom. The maximum Gasteiger partial charge on any atom is 0.315 e. The van der Waals surface area contributed by atoms with Crippen molar-refractivity contribution in [2.24, 2.45) is 17.0 Å². The van der Waals surface area contributed by atoms with Gasteiger partial charge in [0.25, 0.3) is 0 Å². The molecule has 0 amide bonds. The maximum absolute atomic E-state index is 10.9. The summed E-state index contributed by atoms with van der Waals surface area (Å²) >= 11 is 0. The molecule has 0 heterocycles. The van der Waals surface area contributed by atoms with Crippen LogP contribution in [0.4, 0.5) is 0 Å². The van der Waals surface area contributed by atoms with Crippen molar-refractivity contribution in [3.05, 3.63) is 0 Å². The maximum atomic E-state index is 10.9. The van der Waals surface area contributed by atoms with Crippen LogP contribution < -0.4 is 0 Å². The normalized spacial score (nSPS) is 21.8. The Balaban J connectivity index is 1.52. The lowest BCUT2D eigenvalue weighted by Gasteiger charge is -1.95. The summed E-state index contributed by atoms with van der Waals surface area (Å²) in [4.78, 5) is 15.8. The van der Waals surface area contributed by atoms with E-state index in [4.69, 9.17) is 9.57 Å². The van der Waals surface area contributed by atoms with Crippen LogP contribution in [0.2, 0.25) is 0 Å². The van der Waals surface area contributed by atoms with Gasteiger partial charge in [-0.05, 0) is 31.6 Å². The van der Waals surface area contributed by atoms with Gasteiger partial charge in [-0.3, -0.25) is 4.79 Å². The van der Waals surface area contributed by atoms with Crippen molar-refractivity contribution in [3.63, 3.8) is 0 Å². The van der Waals surface area contributed by atoms with Gasteiger partial charge in [0, 0.05) is 0 Å². The molecule has 4 heteroatoms. The third-order valence-corrected chi connectivity index (χ3v) is 2.20. The highest BCUT2D eigenvalue weighted by Gasteiger charge is 2.31. The molecule has 2 aliphatic carbocycles. The molecule has 72 valence electrons. The Bertz CT molecular complexity index is 219. The first kappa shape index (κ1) is 8.53. The van der Waals surface area contributed by atoms with Crippen LogP contribution in [0.3, 0.4) is 0 Å². The summed E-state index contributed by atoms with van der Waals surface area (Å²) in [5.74, 6) is 0.616. The van der Waals surface area contributed by atoms with Gasteiger partial charge in [0.2, 0.25) is 6.40 Å². The number of esters is 1. The van der Waals surface area contributed by atoms with Gasteiger partial charge in [0.15, 0.2) is 0 Å². The Labute approximate surface area is 76.9 Å². The van der Waals surface area contributed by atoms with E-state index < -0.39 is 0 Å². The summed E-state index contributed by atoms with van der Waals surface area (Å²) in [6, 6.07) is 0. The number of hydrogen-bond acceptors (Lipinski definition) is 4. The summed E-state index contributed by atoms with van der Waals surface area (Å²) in [5, 5.41) is 3.53. The Kier molecular flexibility index (Phi) is 2.47. The van der Waals surface area contributed by atoms with Crippen molar-refractivity contribution in [1.29, 1.82) is 0 Å². The Morgan fingerprint density at radius 1 is 1.38 bits per heavy atom. The minimum absolute atomic E-state index is 0.120. The molecule has 0 aromatic heterocycles. The third kappa shape index (κ3) is 3.05. The summed E-state index contributed by atoms with van der Waals surface area (Å²) in [7, 11) is 0. The van der Waals surface area contributed by atoms with E-state index >= 15 is 0 Å². The third-order valence-electron chi connectivity index (χ3n) is 2.20. The Hall–Kier alpha value is -1.06. The fourth-order valence-electron chi connectivity index (χ4n) is 0.952. The number of carbonyl (C=O) groups is 1. The van der Waals surface area contributed by atoms with Gasteiger partial charge in [-0.25, -0.2) is 0 Å². The van der Waals surface area contributed by atoms with Crippen molar-refractivity contribution < 1.29 is 14.4 Å². The van der Waals surface area contributed by atoms with Gasteiger partial charge in [-0.15, -0.1) is 0 Å². The van der Waals surface area contributed by atoms with Crippen molar-refractivity contribution in [3.8, 4) is 0 Å². The van der Waals surface area contributed by atoms with E-state index in [0.717, 1.165) is 19.2 Å². The number of oxime groups is 1. The molecule has 0 aliphatic heterocycles. The SMILES string of the molecule is O=C(OC=NOCC1CC1)C1CC1. The Morgan fingerprint density at radius 3 is 2.77 bits per heavy atom. The van der Waals surface area contributed by atoms with Gasteiger partial charge in [-0.1, -0.05) is 5.16 Å². The average Bonchev–Trinajstić information content (AvgIpc) is 2.98. The van der Waals surface area contributed by atoms with Crippen LogP contribution in [0.5, 0.6) is 0 Å². The lowest BCUT2D eigenvalue weighted by atomic mass is 10.4. The molecule has 2 saturated carbocycles. The molecule has 0 saturated heterocycles. The number of hydrogen-bond donors (Lipinski definition) is 0.